The topological polar surface area (TPSA) is 46.3 Å². The summed E-state index contributed by atoms with van der Waals surface area (Å²) in [6, 6.07) is 10.0. The van der Waals surface area contributed by atoms with Gasteiger partial charge in [0.25, 0.3) is 0 Å². The number of nitrogens with two attached hydrogens (primary N) is 1. The van der Waals surface area contributed by atoms with E-state index in [0.717, 1.165) is 5.56 Å². The lowest BCUT2D eigenvalue weighted by molar-refractivity contribution is -0.128. The maximum Gasteiger partial charge on any atom is 0.232 e. The van der Waals surface area contributed by atoms with Crippen molar-refractivity contribution < 1.29 is 4.79 Å². The van der Waals surface area contributed by atoms with E-state index in [0.29, 0.717) is 25.4 Å². The quantitative estimate of drug-likeness (QED) is 0.877. The van der Waals surface area contributed by atoms with Crippen molar-refractivity contribution in [2.45, 2.75) is 32.1 Å². The number of hydrogen-bond acceptors (Lipinski definition) is 3. The van der Waals surface area contributed by atoms with Crippen LogP contribution >= 0.6 is 24.2 Å². The van der Waals surface area contributed by atoms with Gasteiger partial charge in [-0.15, -0.1) is 24.2 Å². The summed E-state index contributed by atoms with van der Waals surface area (Å²) in [5, 5.41) is 0. The van der Waals surface area contributed by atoms with Crippen LogP contribution in [0.1, 0.15) is 26.3 Å². The van der Waals surface area contributed by atoms with Crippen molar-refractivity contribution in [2.24, 2.45) is 5.73 Å². The standard InChI is InChI=1S/C15H24N2OS.ClH/c1-15(2,3)19-12-14(18)17(10-9-16)11-13-7-5-4-6-8-13;/h4-8H,9-12,16H2,1-3H3;1H. The monoisotopic (exact) mass is 316 g/mol. The largest absolute Gasteiger partial charge is 0.336 e. The van der Waals surface area contributed by atoms with E-state index in [2.05, 4.69) is 20.8 Å². The zero-order valence-electron chi connectivity index (χ0n) is 12.5. The highest BCUT2D eigenvalue weighted by Gasteiger charge is 2.17. The predicted octanol–water partition coefficient (Wildman–Crippen LogP) is 2.93. The smallest absolute Gasteiger partial charge is 0.232 e. The normalized spacial score (nSPS) is 10.8. The van der Waals surface area contributed by atoms with Crippen LogP contribution in [-0.2, 0) is 11.3 Å². The summed E-state index contributed by atoms with van der Waals surface area (Å²) in [6.45, 7) is 8.11. The molecule has 1 amide bonds. The zero-order valence-corrected chi connectivity index (χ0v) is 14.1. The molecule has 0 unspecified atom stereocenters. The molecule has 0 radical (unpaired) electrons. The highest BCUT2D eigenvalue weighted by molar-refractivity contribution is 8.01. The Balaban J connectivity index is 0.00000361. The van der Waals surface area contributed by atoms with E-state index in [-0.39, 0.29) is 23.1 Å². The third-order valence-corrected chi connectivity index (χ3v) is 3.85. The average Bonchev–Trinajstić information content (AvgIpc) is 2.36. The van der Waals surface area contributed by atoms with E-state index in [4.69, 9.17) is 5.73 Å². The number of hydrogen-bond donors (Lipinski definition) is 1. The van der Waals surface area contributed by atoms with Gasteiger partial charge in [-0.05, 0) is 5.56 Å². The summed E-state index contributed by atoms with van der Waals surface area (Å²) < 4.78 is 0.108. The van der Waals surface area contributed by atoms with Crippen LogP contribution in [0.4, 0.5) is 0 Å². The van der Waals surface area contributed by atoms with E-state index < -0.39 is 0 Å². The molecule has 20 heavy (non-hydrogen) atoms. The van der Waals surface area contributed by atoms with Crippen molar-refractivity contribution in [3.8, 4) is 0 Å². The maximum atomic E-state index is 12.2. The molecule has 0 saturated heterocycles. The van der Waals surface area contributed by atoms with Crippen molar-refractivity contribution in [2.75, 3.05) is 18.8 Å². The minimum absolute atomic E-state index is 0. The molecule has 0 atom stereocenters. The van der Waals surface area contributed by atoms with Gasteiger partial charge in [0.15, 0.2) is 0 Å². The van der Waals surface area contributed by atoms with Gasteiger partial charge in [0.1, 0.15) is 0 Å². The molecule has 0 bridgehead atoms. The van der Waals surface area contributed by atoms with Crippen LogP contribution in [0.5, 0.6) is 0 Å². The van der Waals surface area contributed by atoms with Crippen molar-refractivity contribution in [3.05, 3.63) is 35.9 Å². The fourth-order valence-electron chi connectivity index (χ4n) is 1.62. The van der Waals surface area contributed by atoms with Gasteiger partial charge in [0.2, 0.25) is 5.91 Å². The Morgan fingerprint density at radius 3 is 2.35 bits per heavy atom. The summed E-state index contributed by atoms with van der Waals surface area (Å²) in [4.78, 5) is 14.1. The molecule has 0 fully saturated rings. The number of carbonyl (C=O) groups is 1. The fourth-order valence-corrected chi connectivity index (χ4v) is 2.36. The molecule has 0 aliphatic rings. The van der Waals surface area contributed by atoms with Crippen LogP contribution < -0.4 is 5.73 Å². The van der Waals surface area contributed by atoms with E-state index in [1.807, 2.05) is 35.2 Å². The van der Waals surface area contributed by atoms with E-state index in [9.17, 15) is 4.79 Å². The van der Waals surface area contributed by atoms with Crippen molar-refractivity contribution in [3.63, 3.8) is 0 Å². The number of rotatable bonds is 6. The minimum atomic E-state index is 0. The lowest BCUT2D eigenvalue weighted by atomic mass is 10.2. The Morgan fingerprint density at radius 2 is 1.85 bits per heavy atom. The van der Waals surface area contributed by atoms with Crippen molar-refractivity contribution >= 4 is 30.1 Å². The third-order valence-electron chi connectivity index (χ3n) is 2.60. The first kappa shape index (κ1) is 19.3. The van der Waals surface area contributed by atoms with Crippen LogP contribution in [-0.4, -0.2) is 34.4 Å². The Morgan fingerprint density at radius 1 is 1.25 bits per heavy atom. The molecule has 0 aliphatic heterocycles. The number of thioether (sulfide) groups is 1. The second-order valence-electron chi connectivity index (χ2n) is 5.49. The van der Waals surface area contributed by atoms with Crippen molar-refractivity contribution in [1.82, 2.24) is 4.90 Å². The van der Waals surface area contributed by atoms with Gasteiger partial charge >= 0.3 is 0 Å². The molecule has 0 heterocycles. The first-order chi connectivity index (χ1) is 8.92. The van der Waals surface area contributed by atoms with E-state index in [1.54, 1.807) is 11.8 Å². The minimum Gasteiger partial charge on any atom is -0.336 e. The molecule has 114 valence electrons. The fraction of sp³-hybridized carbons (Fsp3) is 0.533. The van der Waals surface area contributed by atoms with Crippen LogP contribution in [0.25, 0.3) is 0 Å². The SMILES string of the molecule is CC(C)(C)SCC(=O)N(CCN)Cc1ccccc1.Cl. The Bertz CT molecular complexity index is 393. The molecule has 3 nitrogen and oxygen atoms in total. The molecule has 0 saturated carbocycles. The average molecular weight is 317 g/mol. The second kappa shape index (κ2) is 9.27. The molecular formula is C15H25ClN2OS. The molecule has 1 aromatic carbocycles. The van der Waals surface area contributed by atoms with Crippen molar-refractivity contribution in [1.29, 1.82) is 0 Å². The summed E-state index contributed by atoms with van der Waals surface area (Å²) in [5.74, 6) is 0.672. The van der Waals surface area contributed by atoms with Crippen LogP contribution in [0.2, 0.25) is 0 Å². The van der Waals surface area contributed by atoms with Gasteiger partial charge in [0.05, 0.1) is 5.75 Å². The van der Waals surface area contributed by atoms with Gasteiger partial charge in [-0.3, -0.25) is 4.79 Å². The van der Waals surface area contributed by atoms with Crippen LogP contribution in [0.3, 0.4) is 0 Å². The molecule has 1 rings (SSSR count). The highest BCUT2D eigenvalue weighted by Crippen LogP contribution is 2.23. The van der Waals surface area contributed by atoms with Gasteiger partial charge in [-0.25, -0.2) is 0 Å². The highest BCUT2D eigenvalue weighted by atomic mass is 35.5. The van der Waals surface area contributed by atoms with E-state index in [1.165, 1.54) is 0 Å². The summed E-state index contributed by atoms with van der Waals surface area (Å²) in [5.41, 5.74) is 6.75. The lowest BCUT2D eigenvalue weighted by Crippen LogP contribution is -2.36. The summed E-state index contributed by atoms with van der Waals surface area (Å²) >= 11 is 1.67. The number of nitrogens with zero attached hydrogens (tertiary/aromatic N) is 1. The first-order valence-electron chi connectivity index (χ1n) is 6.58. The van der Waals surface area contributed by atoms with Gasteiger partial charge in [-0.2, -0.15) is 0 Å². The van der Waals surface area contributed by atoms with E-state index >= 15 is 0 Å². The third kappa shape index (κ3) is 7.78. The number of benzene rings is 1. The Labute approximate surface area is 132 Å². The number of carbonyl (C=O) groups excluding carboxylic acids is 1. The molecule has 5 heteroatoms. The summed E-state index contributed by atoms with van der Waals surface area (Å²) in [7, 11) is 0. The van der Waals surface area contributed by atoms with Crippen LogP contribution in [0, 0.1) is 0 Å². The molecular weight excluding hydrogens is 292 g/mol. The molecule has 2 N–H and O–H groups in total. The number of amides is 1. The first-order valence-corrected chi connectivity index (χ1v) is 7.56. The van der Waals surface area contributed by atoms with Gasteiger partial charge < -0.3 is 10.6 Å². The molecule has 0 aromatic heterocycles. The van der Waals surface area contributed by atoms with Crippen LogP contribution in [0.15, 0.2) is 30.3 Å². The van der Waals surface area contributed by atoms with Gasteiger partial charge in [0, 0.05) is 24.4 Å². The second-order valence-corrected chi connectivity index (χ2v) is 7.29. The summed E-state index contributed by atoms with van der Waals surface area (Å²) in [6.07, 6.45) is 0. The number of halogens is 1. The predicted molar refractivity (Wildman–Crippen MR) is 90.4 cm³/mol. The van der Waals surface area contributed by atoms with Gasteiger partial charge in [-0.1, -0.05) is 51.1 Å². The lowest BCUT2D eigenvalue weighted by Gasteiger charge is -2.24. The maximum absolute atomic E-state index is 12.2. The Hall–Kier alpha value is -0.710. The molecule has 0 aliphatic carbocycles. The molecule has 0 spiro atoms. The molecule has 1 aromatic rings. The Kier molecular flexibility index (Phi) is 8.94. The zero-order chi connectivity index (χ0) is 14.3.